The minimum atomic E-state index is -4.30. The second-order valence-corrected chi connectivity index (χ2v) is 4.71. The number of benzene rings is 1. The van der Waals surface area contributed by atoms with Crippen LogP contribution in [0.15, 0.2) is 30.5 Å². The largest absolute Gasteiger partial charge is 0.504 e. The van der Waals surface area contributed by atoms with Crippen molar-refractivity contribution < 1.29 is 23.0 Å². The maximum Gasteiger partial charge on any atom is 0.408 e. The molecule has 128 valence electrons. The fraction of sp³-hybridized carbons (Fsp3) is 0.357. The monoisotopic (exact) mass is 351 g/mol. The lowest BCUT2D eigenvalue weighted by molar-refractivity contribution is -0.143. The summed E-state index contributed by atoms with van der Waals surface area (Å²) in [4.78, 5) is 0. The zero-order chi connectivity index (χ0) is 16.2. The van der Waals surface area contributed by atoms with E-state index in [-0.39, 0.29) is 24.7 Å². The number of alkyl halides is 3. The number of nitrogens with zero attached hydrogens (tertiary/aromatic N) is 2. The summed E-state index contributed by atoms with van der Waals surface area (Å²) in [5.74, 6) is 0.385. The van der Waals surface area contributed by atoms with Gasteiger partial charge in [0.2, 0.25) is 0 Å². The van der Waals surface area contributed by atoms with E-state index in [9.17, 15) is 18.3 Å². The van der Waals surface area contributed by atoms with E-state index in [4.69, 9.17) is 4.74 Å². The maximum absolute atomic E-state index is 12.4. The van der Waals surface area contributed by atoms with Crippen molar-refractivity contribution in [2.45, 2.75) is 25.8 Å². The van der Waals surface area contributed by atoms with Crippen LogP contribution in [0.1, 0.15) is 11.3 Å². The number of hydrogen-bond donors (Lipinski definition) is 2. The highest BCUT2D eigenvalue weighted by atomic mass is 35.5. The number of phenolic OH excluding ortho intramolecular Hbond substituents is 1. The molecule has 0 spiro atoms. The van der Waals surface area contributed by atoms with Gasteiger partial charge in [0.05, 0.1) is 12.8 Å². The second kappa shape index (κ2) is 8.07. The van der Waals surface area contributed by atoms with Crippen LogP contribution in [0.4, 0.5) is 13.2 Å². The Balaban J connectivity index is 0.00000264. The van der Waals surface area contributed by atoms with Gasteiger partial charge in [0.15, 0.2) is 11.5 Å². The predicted octanol–water partition coefficient (Wildman–Crippen LogP) is 2.87. The number of aromatic nitrogens is 2. The van der Waals surface area contributed by atoms with Crippen molar-refractivity contribution in [2.24, 2.45) is 0 Å². The first-order chi connectivity index (χ1) is 10.4. The second-order valence-electron chi connectivity index (χ2n) is 4.71. The molecule has 0 atom stereocenters. The van der Waals surface area contributed by atoms with Crippen molar-refractivity contribution in [3.8, 4) is 11.5 Å². The SMILES string of the molecule is COc1cc(CNCc2ccnn2CC(F)(F)F)ccc1O.Cl. The van der Waals surface area contributed by atoms with E-state index < -0.39 is 12.7 Å². The van der Waals surface area contributed by atoms with Crippen LogP contribution in [-0.2, 0) is 19.6 Å². The Morgan fingerprint density at radius 2 is 2.00 bits per heavy atom. The van der Waals surface area contributed by atoms with Gasteiger partial charge in [-0.05, 0) is 23.8 Å². The van der Waals surface area contributed by atoms with Gasteiger partial charge in [0, 0.05) is 19.3 Å². The van der Waals surface area contributed by atoms with Gasteiger partial charge in [-0.25, -0.2) is 0 Å². The summed E-state index contributed by atoms with van der Waals surface area (Å²) in [6.07, 6.45) is -2.96. The van der Waals surface area contributed by atoms with Crippen LogP contribution in [-0.4, -0.2) is 28.2 Å². The molecule has 1 aromatic carbocycles. The lowest BCUT2D eigenvalue weighted by Gasteiger charge is -2.11. The van der Waals surface area contributed by atoms with E-state index in [0.717, 1.165) is 10.2 Å². The van der Waals surface area contributed by atoms with E-state index in [1.165, 1.54) is 25.4 Å². The molecule has 0 amide bonds. The third kappa shape index (κ3) is 5.65. The van der Waals surface area contributed by atoms with Crippen molar-refractivity contribution >= 4 is 12.4 Å². The van der Waals surface area contributed by atoms with Gasteiger partial charge >= 0.3 is 6.18 Å². The smallest absolute Gasteiger partial charge is 0.408 e. The van der Waals surface area contributed by atoms with Crippen molar-refractivity contribution in [1.82, 2.24) is 15.1 Å². The quantitative estimate of drug-likeness (QED) is 0.840. The fourth-order valence-corrected chi connectivity index (χ4v) is 1.99. The highest BCUT2D eigenvalue weighted by Gasteiger charge is 2.29. The zero-order valence-electron chi connectivity index (χ0n) is 12.3. The molecule has 2 N–H and O–H groups in total. The molecule has 0 unspecified atom stereocenters. The predicted molar refractivity (Wildman–Crippen MR) is 80.7 cm³/mol. The highest BCUT2D eigenvalue weighted by molar-refractivity contribution is 5.85. The lowest BCUT2D eigenvalue weighted by atomic mass is 10.2. The van der Waals surface area contributed by atoms with E-state index in [0.29, 0.717) is 18.0 Å². The van der Waals surface area contributed by atoms with Crippen LogP contribution < -0.4 is 10.1 Å². The van der Waals surface area contributed by atoms with Gasteiger partial charge in [-0.1, -0.05) is 6.07 Å². The van der Waals surface area contributed by atoms with Crippen molar-refractivity contribution in [1.29, 1.82) is 0 Å². The number of methoxy groups -OCH3 is 1. The minimum absolute atomic E-state index is 0. The molecule has 0 radical (unpaired) electrons. The van der Waals surface area contributed by atoms with Crippen molar-refractivity contribution in [2.75, 3.05) is 7.11 Å². The molecule has 0 aliphatic carbocycles. The first-order valence-electron chi connectivity index (χ1n) is 6.53. The van der Waals surface area contributed by atoms with Gasteiger partial charge < -0.3 is 15.2 Å². The number of halogens is 4. The van der Waals surface area contributed by atoms with Crippen molar-refractivity contribution in [3.63, 3.8) is 0 Å². The standard InChI is InChI=1S/C14H16F3N3O2.ClH/c1-22-13-6-10(2-3-12(13)21)7-18-8-11-4-5-19-20(11)9-14(15,16)17;/h2-6,18,21H,7-9H2,1H3;1H. The summed E-state index contributed by atoms with van der Waals surface area (Å²) in [5.41, 5.74) is 1.29. The Morgan fingerprint density at radius 3 is 2.65 bits per heavy atom. The van der Waals surface area contributed by atoms with Crippen LogP contribution in [0.25, 0.3) is 0 Å². The molecular weight excluding hydrogens is 335 g/mol. The Hall–Kier alpha value is -1.93. The lowest BCUT2D eigenvalue weighted by Crippen LogP contribution is -2.23. The first kappa shape index (κ1) is 19.1. The summed E-state index contributed by atoms with van der Waals surface area (Å²) in [7, 11) is 1.45. The number of aromatic hydroxyl groups is 1. The first-order valence-corrected chi connectivity index (χ1v) is 6.53. The summed E-state index contributed by atoms with van der Waals surface area (Å²) in [6, 6.07) is 6.41. The highest BCUT2D eigenvalue weighted by Crippen LogP contribution is 2.26. The van der Waals surface area contributed by atoms with Crippen LogP contribution in [0.3, 0.4) is 0 Å². The topological polar surface area (TPSA) is 59.3 Å². The van der Waals surface area contributed by atoms with Gasteiger partial charge in [-0.15, -0.1) is 12.4 Å². The van der Waals surface area contributed by atoms with E-state index in [2.05, 4.69) is 10.4 Å². The van der Waals surface area contributed by atoms with Crippen LogP contribution in [0.5, 0.6) is 11.5 Å². The molecule has 23 heavy (non-hydrogen) atoms. The third-order valence-corrected chi connectivity index (χ3v) is 3.01. The Kier molecular flexibility index (Phi) is 6.71. The molecule has 0 aliphatic heterocycles. The molecule has 2 rings (SSSR count). The average molecular weight is 352 g/mol. The fourth-order valence-electron chi connectivity index (χ4n) is 1.99. The van der Waals surface area contributed by atoms with Gasteiger partial charge in [0.1, 0.15) is 6.54 Å². The summed E-state index contributed by atoms with van der Waals surface area (Å²) in [5, 5.41) is 16.2. The maximum atomic E-state index is 12.4. The van der Waals surface area contributed by atoms with Gasteiger partial charge in [0.25, 0.3) is 0 Å². The Bertz CT molecular complexity index is 632. The molecule has 0 fully saturated rings. The summed E-state index contributed by atoms with van der Waals surface area (Å²) < 4.78 is 43.1. The number of phenols is 1. The molecule has 0 saturated heterocycles. The Morgan fingerprint density at radius 1 is 1.26 bits per heavy atom. The number of nitrogens with one attached hydrogen (secondary N) is 1. The summed E-state index contributed by atoms with van der Waals surface area (Å²) in [6.45, 7) is -0.433. The van der Waals surface area contributed by atoms with E-state index in [1.54, 1.807) is 12.1 Å². The van der Waals surface area contributed by atoms with Crippen LogP contribution >= 0.6 is 12.4 Å². The third-order valence-electron chi connectivity index (χ3n) is 3.01. The minimum Gasteiger partial charge on any atom is -0.504 e. The van der Waals surface area contributed by atoms with E-state index in [1.807, 2.05) is 0 Å². The Labute approximate surface area is 137 Å². The number of rotatable bonds is 6. The van der Waals surface area contributed by atoms with Gasteiger partial charge in [-0.2, -0.15) is 18.3 Å². The molecule has 1 heterocycles. The molecule has 9 heteroatoms. The van der Waals surface area contributed by atoms with Gasteiger partial charge in [-0.3, -0.25) is 4.68 Å². The molecule has 0 saturated carbocycles. The number of hydrogen-bond acceptors (Lipinski definition) is 4. The normalized spacial score (nSPS) is 11.1. The molecule has 0 aliphatic rings. The average Bonchev–Trinajstić information content (AvgIpc) is 2.86. The molecule has 5 nitrogen and oxygen atoms in total. The number of ether oxygens (including phenoxy) is 1. The van der Waals surface area contributed by atoms with E-state index >= 15 is 0 Å². The molecule has 1 aromatic heterocycles. The molecule has 2 aromatic rings. The van der Waals surface area contributed by atoms with Crippen LogP contribution in [0, 0.1) is 0 Å². The summed E-state index contributed by atoms with van der Waals surface area (Å²) >= 11 is 0. The molecule has 0 bridgehead atoms. The van der Waals surface area contributed by atoms with Crippen molar-refractivity contribution in [3.05, 3.63) is 41.7 Å². The zero-order valence-corrected chi connectivity index (χ0v) is 13.1. The molecular formula is C14H17ClF3N3O2. The van der Waals surface area contributed by atoms with Crippen LogP contribution in [0.2, 0.25) is 0 Å².